The van der Waals surface area contributed by atoms with Gasteiger partial charge in [0, 0.05) is 30.3 Å². The van der Waals surface area contributed by atoms with Gasteiger partial charge in [-0.3, -0.25) is 4.98 Å². The van der Waals surface area contributed by atoms with Crippen LogP contribution < -0.4 is 11.1 Å². The Morgan fingerprint density at radius 1 is 1.11 bits per heavy atom. The topological polar surface area (TPSA) is 126 Å². The number of aliphatic hydroxyl groups is 1. The minimum absolute atomic E-state index is 0.166. The summed E-state index contributed by atoms with van der Waals surface area (Å²) >= 11 is 0. The molecule has 0 radical (unpaired) electrons. The molecule has 0 spiro atoms. The highest BCUT2D eigenvalue weighted by Gasteiger charge is 2.13. The molecular weight excluding hydrogens is 354 g/mol. The monoisotopic (exact) mass is 375 g/mol. The van der Waals surface area contributed by atoms with Gasteiger partial charge in [-0.2, -0.15) is 0 Å². The molecule has 0 aliphatic heterocycles. The molecule has 0 bridgehead atoms. The summed E-state index contributed by atoms with van der Waals surface area (Å²) in [6, 6.07) is 9.65. The largest absolute Gasteiger partial charge is 0.396 e. The zero-order chi connectivity index (χ0) is 19.3. The van der Waals surface area contributed by atoms with Crippen molar-refractivity contribution in [3.05, 3.63) is 60.4 Å². The second-order valence-electron chi connectivity index (χ2n) is 6.42. The van der Waals surface area contributed by atoms with E-state index < -0.39 is 0 Å². The highest BCUT2D eigenvalue weighted by Crippen LogP contribution is 2.32. The maximum Gasteiger partial charge on any atom is 0.143 e. The number of hydrogen-bond acceptors (Lipinski definition) is 7. The Kier molecular flexibility index (Phi) is 5.11. The summed E-state index contributed by atoms with van der Waals surface area (Å²) in [7, 11) is 0. The van der Waals surface area contributed by atoms with Crippen LogP contribution in [-0.2, 0) is 13.0 Å². The van der Waals surface area contributed by atoms with Crippen molar-refractivity contribution in [2.75, 3.05) is 17.7 Å². The van der Waals surface area contributed by atoms with E-state index in [2.05, 4.69) is 30.2 Å². The Bertz CT molecular complexity index is 1090. The number of nitrogen functional groups attached to an aromatic ring is 1. The van der Waals surface area contributed by atoms with E-state index in [-0.39, 0.29) is 6.61 Å². The van der Waals surface area contributed by atoms with Gasteiger partial charge in [-0.25, -0.2) is 15.0 Å². The molecule has 0 aliphatic rings. The Morgan fingerprint density at radius 2 is 2.00 bits per heavy atom. The molecule has 0 unspecified atom stereocenters. The fourth-order valence-corrected chi connectivity index (χ4v) is 3.14. The Morgan fingerprint density at radius 3 is 2.86 bits per heavy atom. The predicted molar refractivity (Wildman–Crippen MR) is 109 cm³/mol. The van der Waals surface area contributed by atoms with E-state index in [9.17, 15) is 0 Å². The second kappa shape index (κ2) is 8.01. The number of rotatable bonds is 7. The molecule has 142 valence electrons. The van der Waals surface area contributed by atoms with Crippen molar-refractivity contribution in [1.82, 2.24) is 24.9 Å². The Labute approximate surface area is 161 Å². The van der Waals surface area contributed by atoms with Gasteiger partial charge in [0.15, 0.2) is 0 Å². The number of aliphatic hydroxyl groups excluding tert-OH is 1. The number of nitrogens with zero attached hydrogens (tertiary/aromatic N) is 4. The van der Waals surface area contributed by atoms with Crippen molar-refractivity contribution in [3.63, 3.8) is 0 Å². The molecule has 0 saturated heterocycles. The number of nitrogens with two attached hydrogens (primary N) is 1. The summed E-state index contributed by atoms with van der Waals surface area (Å²) in [6.45, 7) is 0.695. The van der Waals surface area contributed by atoms with Crippen LogP contribution in [0.5, 0.6) is 0 Å². The first kappa shape index (κ1) is 17.9. The lowest BCUT2D eigenvalue weighted by molar-refractivity contribution is 0.288. The van der Waals surface area contributed by atoms with Gasteiger partial charge in [-0.1, -0.05) is 6.07 Å². The smallest absolute Gasteiger partial charge is 0.143 e. The third-order valence-corrected chi connectivity index (χ3v) is 4.45. The SMILES string of the molecule is Nc1cc(-c2c[nH]c3ncnc(NCc4cccc(CCCO)n4)c23)ccn1. The average molecular weight is 375 g/mol. The number of aromatic amines is 1. The quantitative estimate of drug-likeness (QED) is 0.391. The first-order valence-electron chi connectivity index (χ1n) is 9.08. The molecule has 0 aliphatic carbocycles. The van der Waals surface area contributed by atoms with Gasteiger partial charge in [0.2, 0.25) is 0 Å². The number of nitrogens with one attached hydrogen (secondary N) is 2. The summed E-state index contributed by atoms with van der Waals surface area (Å²) < 4.78 is 0. The zero-order valence-corrected chi connectivity index (χ0v) is 15.3. The molecule has 0 atom stereocenters. The molecule has 8 nitrogen and oxygen atoms in total. The van der Waals surface area contributed by atoms with E-state index in [1.54, 1.807) is 6.20 Å². The standard InChI is InChI=1S/C20H21N7O/c21-17-9-13(6-7-22-17)16-11-24-20-18(16)19(25-12-26-20)23-10-15-4-1-3-14(27-15)5-2-8-28/h1,3-4,6-7,9,11-12,28H,2,5,8,10H2,(H2,21,22)(H2,23,24,25,26). The normalized spacial score (nSPS) is 11.0. The van der Waals surface area contributed by atoms with Crippen LogP contribution in [0.2, 0.25) is 0 Å². The lowest BCUT2D eigenvalue weighted by atomic mass is 10.1. The highest BCUT2D eigenvalue weighted by atomic mass is 16.2. The van der Waals surface area contributed by atoms with Crippen LogP contribution in [0.4, 0.5) is 11.6 Å². The summed E-state index contributed by atoms with van der Waals surface area (Å²) in [4.78, 5) is 20.6. The molecule has 0 fully saturated rings. The van der Waals surface area contributed by atoms with Crippen LogP contribution in [-0.4, -0.2) is 36.6 Å². The average Bonchev–Trinajstić information content (AvgIpc) is 3.16. The van der Waals surface area contributed by atoms with Gasteiger partial charge in [-0.05, 0) is 42.7 Å². The Hall–Kier alpha value is -3.52. The zero-order valence-electron chi connectivity index (χ0n) is 15.3. The van der Waals surface area contributed by atoms with E-state index in [1.165, 1.54) is 6.33 Å². The van der Waals surface area contributed by atoms with Crippen LogP contribution in [0.15, 0.2) is 49.1 Å². The third-order valence-electron chi connectivity index (χ3n) is 4.45. The number of anilines is 2. The summed E-state index contributed by atoms with van der Waals surface area (Å²) in [5, 5.41) is 13.3. The van der Waals surface area contributed by atoms with Crippen LogP contribution in [0.25, 0.3) is 22.2 Å². The van der Waals surface area contributed by atoms with E-state index in [1.807, 2.05) is 36.5 Å². The number of hydrogen-bond donors (Lipinski definition) is 4. The van der Waals surface area contributed by atoms with Crippen LogP contribution in [0.3, 0.4) is 0 Å². The summed E-state index contributed by atoms with van der Waals surface area (Å²) in [6.07, 6.45) is 6.57. The van der Waals surface area contributed by atoms with Crippen LogP contribution in [0.1, 0.15) is 17.8 Å². The van der Waals surface area contributed by atoms with Gasteiger partial charge in [0.05, 0.1) is 17.6 Å². The first-order valence-corrected chi connectivity index (χ1v) is 9.08. The lowest BCUT2D eigenvalue weighted by Crippen LogP contribution is -2.05. The number of aryl methyl sites for hydroxylation is 1. The molecule has 4 heterocycles. The lowest BCUT2D eigenvalue weighted by Gasteiger charge is -2.09. The van der Waals surface area contributed by atoms with Gasteiger partial charge in [-0.15, -0.1) is 0 Å². The Balaban J connectivity index is 1.62. The van der Waals surface area contributed by atoms with Crippen LogP contribution >= 0.6 is 0 Å². The molecule has 0 saturated carbocycles. The van der Waals surface area contributed by atoms with Gasteiger partial charge in [0.1, 0.15) is 23.6 Å². The molecule has 8 heteroatoms. The van der Waals surface area contributed by atoms with E-state index in [0.29, 0.717) is 18.8 Å². The van der Waals surface area contributed by atoms with E-state index >= 15 is 0 Å². The molecule has 4 aromatic rings. The van der Waals surface area contributed by atoms with E-state index in [4.69, 9.17) is 10.8 Å². The van der Waals surface area contributed by atoms with Crippen molar-refractivity contribution < 1.29 is 5.11 Å². The van der Waals surface area contributed by atoms with Crippen molar-refractivity contribution in [3.8, 4) is 11.1 Å². The predicted octanol–water partition coefficient (Wildman–Crippen LogP) is 2.53. The van der Waals surface area contributed by atoms with Crippen molar-refractivity contribution in [2.24, 2.45) is 0 Å². The fourth-order valence-electron chi connectivity index (χ4n) is 3.14. The number of fused-ring (bicyclic) bond motifs is 1. The van der Waals surface area contributed by atoms with Crippen molar-refractivity contribution in [2.45, 2.75) is 19.4 Å². The first-order chi connectivity index (χ1) is 13.7. The van der Waals surface area contributed by atoms with Gasteiger partial charge >= 0.3 is 0 Å². The third kappa shape index (κ3) is 3.77. The van der Waals surface area contributed by atoms with Crippen molar-refractivity contribution in [1.29, 1.82) is 0 Å². The molecule has 5 N–H and O–H groups in total. The highest BCUT2D eigenvalue weighted by molar-refractivity contribution is 6.01. The number of pyridine rings is 2. The maximum absolute atomic E-state index is 9.00. The maximum atomic E-state index is 9.00. The molecule has 0 amide bonds. The van der Waals surface area contributed by atoms with Crippen molar-refractivity contribution >= 4 is 22.7 Å². The molecule has 0 aromatic carbocycles. The van der Waals surface area contributed by atoms with E-state index in [0.717, 1.165) is 45.8 Å². The number of aromatic nitrogens is 5. The minimum atomic E-state index is 0.166. The minimum Gasteiger partial charge on any atom is -0.396 e. The molecule has 4 aromatic heterocycles. The fraction of sp³-hybridized carbons (Fsp3) is 0.200. The van der Waals surface area contributed by atoms with Gasteiger partial charge < -0.3 is 21.1 Å². The molecule has 4 rings (SSSR count). The number of H-pyrrole nitrogens is 1. The van der Waals surface area contributed by atoms with Gasteiger partial charge in [0.25, 0.3) is 0 Å². The molecular formula is C20H21N7O. The molecule has 28 heavy (non-hydrogen) atoms. The van der Waals surface area contributed by atoms with Crippen LogP contribution in [0, 0.1) is 0 Å². The summed E-state index contributed by atoms with van der Waals surface area (Å²) in [5.41, 5.74) is 10.4. The second-order valence-corrected chi connectivity index (χ2v) is 6.42. The summed E-state index contributed by atoms with van der Waals surface area (Å²) in [5.74, 6) is 1.18.